The zero-order valence-electron chi connectivity index (χ0n) is 11.1. The molecule has 1 aliphatic rings. The van der Waals surface area contributed by atoms with Gasteiger partial charge in [0.2, 0.25) is 0 Å². The summed E-state index contributed by atoms with van der Waals surface area (Å²) >= 11 is 6.10. The molecule has 1 atom stereocenters. The van der Waals surface area contributed by atoms with Gasteiger partial charge >= 0.3 is 0 Å². The Morgan fingerprint density at radius 1 is 1.53 bits per heavy atom. The van der Waals surface area contributed by atoms with E-state index >= 15 is 0 Å². The Hall–Kier alpha value is -1.13. The maximum absolute atomic E-state index is 10.7. The Labute approximate surface area is 118 Å². The van der Waals surface area contributed by atoms with Gasteiger partial charge in [0.15, 0.2) is 0 Å². The van der Waals surface area contributed by atoms with Crippen molar-refractivity contribution in [2.45, 2.75) is 38.6 Å². The van der Waals surface area contributed by atoms with E-state index in [1.54, 1.807) is 6.07 Å². The topological polar surface area (TPSA) is 55.2 Å². The van der Waals surface area contributed by atoms with Gasteiger partial charge in [-0.05, 0) is 43.7 Å². The fourth-order valence-electron chi connectivity index (χ4n) is 2.43. The lowest BCUT2D eigenvalue weighted by molar-refractivity contribution is -0.384. The number of nitro groups is 1. The van der Waals surface area contributed by atoms with Crippen LogP contribution in [0.25, 0.3) is 0 Å². The largest absolute Gasteiger partial charge is 0.314 e. The number of nitro benzene ring substituents is 1. The first-order chi connectivity index (χ1) is 9.11. The molecule has 0 spiro atoms. The van der Waals surface area contributed by atoms with Gasteiger partial charge in [-0.15, -0.1) is 0 Å². The van der Waals surface area contributed by atoms with Crippen LogP contribution < -0.4 is 5.32 Å². The minimum absolute atomic E-state index is 0.0548. The van der Waals surface area contributed by atoms with Gasteiger partial charge in [-0.1, -0.05) is 24.6 Å². The first kappa shape index (κ1) is 14.3. The summed E-state index contributed by atoms with van der Waals surface area (Å²) in [6.07, 6.45) is 4.53. The van der Waals surface area contributed by atoms with Gasteiger partial charge in [0.05, 0.1) is 9.95 Å². The van der Waals surface area contributed by atoms with E-state index in [2.05, 4.69) is 12.2 Å². The van der Waals surface area contributed by atoms with E-state index in [1.165, 1.54) is 25.0 Å². The molecule has 104 valence electrons. The molecule has 1 aromatic carbocycles. The summed E-state index contributed by atoms with van der Waals surface area (Å²) in [5, 5.41) is 14.7. The van der Waals surface area contributed by atoms with Crippen LogP contribution >= 0.6 is 11.6 Å². The van der Waals surface area contributed by atoms with E-state index in [-0.39, 0.29) is 5.69 Å². The van der Waals surface area contributed by atoms with Crippen LogP contribution in [-0.2, 0) is 6.42 Å². The van der Waals surface area contributed by atoms with Crippen LogP contribution in [0.5, 0.6) is 0 Å². The van der Waals surface area contributed by atoms with E-state index in [0.717, 1.165) is 30.9 Å². The fourth-order valence-corrected chi connectivity index (χ4v) is 2.70. The number of benzene rings is 1. The monoisotopic (exact) mass is 282 g/mol. The van der Waals surface area contributed by atoms with Crippen LogP contribution in [0.1, 0.15) is 31.7 Å². The number of aryl methyl sites for hydroxylation is 1. The summed E-state index contributed by atoms with van der Waals surface area (Å²) in [7, 11) is 0. The van der Waals surface area contributed by atoms with Crippen molar-refractivity contribution in [2.75, 3.05) is 6.54 Å². The van der Waals surface area contributed by atoms with Crippen molar-refractivity contribution >= 4 is 17.3 Å². The van der Waals surface area contributed by atoms with Gasteiger partial charge in [-0.2, -0.15) is 0 Å². The minimum Gasteiger partial charge on any atom is -0.314 e. The standard InChI is InChI=1S/C14H19ClN2O2/c1-2-16-14(11-3-4-11)8-6-10-5-7-12(17(18)19)9-13(10)15/h5,7,9,11,14,16H,2-4,6,8H2,1H3. The Morgan fingerprint density at radius 2 is 2.26 bits per heavy atom. The first-order valence-corrected chi connectivity index (χ1v) is 7.15. The van der Waals surface area contributed by atoms with Crippen molar-refractivity contribution in [2.24, 2.45) is 5.92 Å². The molecule has 1 aromatic rings. The zero-order valence-corrected chi connectivity index (χ0v) is 11.8. The van der Waals surface area contributed by atoms with E-state index in [1.807, 2.05) is 0 Å². The van der Waals surface area contributed by atoms with Crippen molar-refractivity contribution in [3.05, 3.63) is 38.9 Å². The van der Waals surface area contributed by atoms with E-state index in [9.17, 15) is 10.1 Å². The SMILES string of the molecule is CCNC(CCc1ccc([N+](=O)[O-])cc1Cl)C1CC1. The summed E-state index contributed by atoms with van der Waals surface area (Å²) in [4.78, 5) is 10.2. The van der Waals surface area contributed by atoms with Gasteiger partial charge in [0.25, 0.3) is 5.69 Å². The lowest BCUT2D eigenvalue weighted by atomic mass is 10.0. The molecule has 0 saturated heterocycles. The molecule has 4 nitrogen and oxygen atoms in total. The van der Waals surface area contributed by atoms with Crippen LogP contribution in [0.15, 0.2) is 18.2 Å². The van der Waals surface area contributed by atoms with Gasteiger partial charge in [0.1, 0.15) is 0 Å². The number of hydrogen-bond acceptors (Lipinski definition) is 3. The highest BCUT2D eigenvalue weighted by atomic mass is 35.5. The van der Waals surface area contributed by atoms with Crippen molar-refractivity contribution in [1.29, 1.82) is 0 Å². The molecular formula is C14H19ClN2O2. The number of hydrogen-bond donors (Lipinski definition) is 1. The molecule has 2 rings (SSSR count). The molecule has 1 unspecified atom stereocenters. The third-order valence-electron chi connectivity index (χ3n) is 3.63. The Kier molecular flexibility index (Phi) is 4.77. The lowest BCUT2D eigenvalue weighted by Gasteiger charge is -2.17. The summed E-state index contributed by atoms with van der Waals surface area (Å²) in [5.74, 6) is 0.803. The summed E-state index contributed by atoms with van der Waals surface area (Å²) in [6, 6.07) is 5.30. The fraction of sp³-hybridized carbons (Fsp3) is 0.571. The van der Waals surface area contributed by atoms with Gasteiger partial charge in [-0.3, -0.25) is 10.1 Å². The average molecular weight is 283 g/mol. The molecule has 0 aliphatic heterocycles. The molecule has 1 fully saturated rings. The van der Waals surface area contributed by atoms with Crippen LogP contribution in [0.3, 0.4) is 0 Å². The smallest absolute Gasteiger partial charge is 0.270 e. The van der Waals surface area contributed by atoms with Crippen molar-refractivity contribution in [3.63, 3.8) is 0 Å². The lowest BCUT2D eigenvalue weighted by Crippen LogP contribution is -2.31. The number of nitrogens with one attached hydrogen (secondary N) is 1. The van der Waals surface area contributed by atoms with E-state index in [4.69, 9.17) is 11.6 Å². The number of non-ortho nitro benzene ring substituents is 1. The number of nitrogens with zero attached hydrogens (tertiary/aromatic N) is 1. The molecule has 0 bridgehead atoms. The predicted octanol–water partition coefficient (Wildman–Crippen LogP) is 3.57. The predicted molar refractivity (Wildman–Crippen MR) is 76.6 cm³/mol. The van der Waals surface area contributed by atoms with Crippen LogP contribution in [-0.4, -0.2) is 17.5 Å². The number of rotatable bonds is 7. The van der Waals surface area contributed by atoms with Crippen molar-refractivity contribution in [3.8, 4) is 0 Å². The molecule has 19 heavy (non-hydrogen) atoms. The maximum Gasteiger partial charge on any atom is 0.270 e. The normalized spacial score (nSPS) is 16.3. The zero-order chi connectivity index (χ0) is 13.8. The average Bonchev–Trinajstić information content (AvgIpc) is 3.19. The second-order valence-electron chi connectivity index (χ2n) is 5.07. The third kappa shape index (κ3) is 3.91. The van der Waals surface area contributed by atoms with Gasteiger partial charge < -0.3 is 5.32 Å². The van der Waals surface area contributed by atoms with Crippen molar-refractivity contribution < 1.29 is 4.92 Å². The molecule has 1 aliphatic carbocycles. The van der Waals surface area contributed by atoms with Crippen LogP contribution in [0.2, 0.25) is 5.02 Å². The van der Waals surface area contributed by atoms with Crippen LogP contribution in [0.4, 0.5) is 5.69 Å². The quantitative estimate of drug-likeness (QED) is 0.614. The highest BCUT2D eigenvalue weighted by Crippen LogP contribution is 2.35. The Morgan fingerprint density at radius 3 is 2.79 bits per heavy atom. The molecule has 0 radical (unpaired) electrons. The summed E-state index contributed by atoms with van der Waals surface area (Å²) in [6.45, 7) is 3.10. The summed E-state index contributed by atoms with van der Waals surface area (Å²) in [5.41, 5.74) is 1.05. The maximum atomic E-state index is 10.7. The molecule has 5 heteroatoms. The summed E-state index contributed by atoms with van der Waals surface area (Å²) < 4.78 is 0. The third-order valence-corrected chi connectivity index (χ3v) is 3.98. The molecule has 1 saturated carbocycles. The Balaban J connectivity index is 1.96. The Bertz CT molecular complexity index is 461. The molecule has 0 heterocycles. The second-order valence-corrected chi connectivity index (χ2v) is 5.48. The van der Waals surface area contributed by atoms with Crippen molar-refractivity contribution in [1.82, 2.24) is 5.32 Å². The molecule has 0 aromatic heterocycles. The molecular weight excluding hydrogens is 264 g/mol. The van der Waals surface area contributed by atoms with E-state index in [0.29, 0.717) is 11.1 Å². The van der Waals surface area contributed by atoms with Gasteiger partial charge in [-0.25, -0.2) is 0 Å². The van der Waals surface area contributed by atoms with E-state index < -0.39 is 4.92 Å². The highest BCUT2D eigenvalue weighted by Gasteiger charge is 2.30. The van der Waals surface area contributed by atoms with Gasteiger partial charge in [0, 0.05) is 18.2 Å². The molecule has 0 amide bonds. The first-order valence-electron chi connectivity index (χ1n) is 6.78. The molecule has 1 N–H and O–H groups in total. The minimum atomic E-state index is -0.415. The van der Waals surface area contributed by atoms with Crippen LogP contribution in [0, 0.1) is 16.0 Å². The highest BCUT2D eigenvalue weighted by molar-refractivity contribution is 6.31. The second kappa shape index (κ2) is 6.35. The number of halogens is 1.